The lowest BCUT2D eigenvalue weighted by atomic mass is 9.89. The number of benzene rings is 1. The number of anilines is 1. The Morgan fingerprint density at radius 3 is 2.89 bits per heavy atom. The van der Waals surface area contributed by atoms with Crippen LogP contribution in [-0.4, -0.2) is 45.2 Å². The van der Waals surface area contributed by atoms with Crippen molar-refractivity contribution in [1.29, 1.82) is 0 Å². The van der Waals surface area contributed by atoms with E-state index in [0.717, 1.165) is 30.6 Å². The van der Waals surface area contributed by atoms with Crippen LogP contribution in [0.2, 0.25) is 0 Å². The first-order chi connectivity index (χ1) is 12.9. The van der Waals surface area contributed by atoms with Gasteiger partial charge in [0, 0.05) is 37.9 Å². The predicted molar refractivity (Wildman–Crippen MR) is 100 cm³/mol. The smallest absolute Gasteiger partial charge is 0.274 e. The van der Waals surface area contributed by atoms with Crippen molar-refractivity contribution in [3.05, 3.63) is 47.3 Å². The van der Waals surface area contributed by atoms with Gasteiger partial charge >= 0.3 is 0 Å². The lowest BCUT2D eigenvalue weighted by Crippen LogP contribution is -2.61. The van der Waals surface area contributed by atoms with Crippen molar-refractivity contribution in [2.24, 2.45) is 18.9 Å². The molecular formula is C20H23N5O2. The van der Waals surface area contributed by atoms with E-state index in [0.29, 0.717) is 23.7 Å². The number of rotatable bonds is 1. The van der Waals surface area contributed by atoms with Gasteiger partial charge < -0.3 is 15.5 Å². The average Bonchev–Trinajstić information content (AvgIpc) is 3.33. The number of hydrogen-bond donors (Lipinski definition) is 2. The number of amides is 2. The van der Waals surface area contributed by atoms with Gasteiger partial charge in [-0.15, -0.1) is 0 Å². The molecule has 5 rings (SSSR count). The van der Waals surface area contributed by atoms with Gasteiger partial charge in [0.05, 0.1) is 5.56 Å². The molecule has 3 aliphatic rings. The van der Waals surface area contributed by atoms with Crippen LogP contribution in [0.15, 0.2) is 30.5 Å². The molecular weight excluding hydrogens is 342 g/mol. The third kappa shape index (κ3) is 2.44. The zero-order chi connectivity index (χ0) is 18.8. The molecule has 2 N–H and O–H groups in total. The van der Waals surface area contributed by atoms with Gasteiger partial charge in [-0.3, -0.25) is 14.3 Å². The van der Waals surface area contributed by atoms with Crippen molar-refractivity contribution in [2.45, 2.75) is 25.4 Å². The summed E-state index contributed by atoms with van der Waals surface area (Å²) in [6.07, 6.45) is 3.66. The van der Waals surface area contributed by atoms with Crippen molar-refractivity contribution in [2.75, 3.05) is 18.4 Å². The summed E-state index contributed by atoms with van der Waals surface area (Å²) in [6, 6.07) is 7.69. The molecule has 140 valence electrons. The molecule has 1 aliphatic carbocycles. The Morgan fingerprint density at radius 1 is 1.26 bits per heavy atom. The molecule has 0 unspecified atom stereocenters. The highest BCUT2D eigenvalue weighted by atomic mass is 16.2. The number of nitrogens with zero attached hydrogens (tertiary/aromatic N) is 3. The largest absolute Gasteiger partial charge is 0.362 e. The lowest BCUT2D eigenvalue weighted by molar-refractivity contribution is 0.0761. The molecule has 2 fully saturated rings. The molecule has 1 aromatic carbocycles. The number of carbonyl (C=O) groups is 2. The second-order valence-corrected chi connectivity index (χ2v) is 8.09. The maximum Gasteiger partial charge on any atom is 0.274 e. The molecule has 1 aromatic heterocycles. The van der Waals surface area contributed by atoms with E-state index in [2.05, 4.69) is 15.7 Å². The van der Waals surface area contributed by atoms with E-state index < -0.39 is 5.66 Å². The van der Waals surface area contributed by atoms with Crippen LogP contribution in [0.25, 0.3) is 0 Å². The SMILES string of the molecule is Cc1ccc2c(c1)C(=O)N[C@@]1(CC[C@H]3CN(C(=O)c4ccn(C)n4)C[C@H]31)N2. The first kappa shape index (κ1) is 16.4. The summed E-state index contributed by atoms with van der Waals surface area (Å²) in [7, 11) is 1.81. The first-order valence-electron chi connectivity index (χ1n) is 9.45. The van der Waals surface area contributed by atoms with E-state index in [9.17, 15) is 9.59 Å². The number of aromatic nitrogens is 2. The van der Waals surface area contributed by atoms with Gasteiger partial charge in [-0.05, 0) is 43.9 Å². The summed E-state index contributed by atoms with van der Waals surface area (Å²) < 4.78 is 1.65. The quantitative estimate of drug-likeness (QED) is 0.807. The molecule has 0 bridgehead atoms. The van der Waals surface area contributed by atoms with Crippen molar-refractivity contribution < 1.29 is 9.59 Å². The lowest BCUT2D eigenvalue weighted by Gasteiger charge is -2.42. The predicted octanol–water partition coefficient (Wildman–Crippen LogP) is 1.76. The zero-order valence-corrected chi connectivity index (χ0v) is 15.5. The fourth-order valence-corrected chi connectivity index (χ4v) is 4.98. The van der Waals surface area contributed by atoms with E-state index in [1.54, 1.807) is 16.9 Å². The second-order valence-electron chi connectivity index (χ2n) is 8.09. The number of carbonyl (C=O) groups excluding carboxylic acids is 2. The van der Waals surface area contributed by atoms with E-state index in [1.165, 1.54) is 0 Å². The fourth-order valence-electron chi connectivity index (χ4n) is 4.98. The molecule has 7 nitrogen and oxygen atoms in total. The van der Waals surface area contributed by atoms with E-state index in [1.807, 2.05) is 37.1 Å². The molecule has 1 saturated heterocycles. The van der Waals surface area contributed by atoms with Gasteiger partial charge in [0.15, 0.2) is 0 Å². The van der Waals surface area contributed by atoms with E-state index in [4.69, 9.17) is 0 Å². The Hall–Kier alpha value is -2.83. The van der Waals surface area contributed by atoms with E-state index >= 15 is 0 Å². The highest BCUT2D eigenvalue weighted by Crippen LogP contribution is 2.47. The Bertz CT molecular complexity index is 952. The van der Waals surface area contributed by atoms with Crippen LogP contribution in [0.3, 0.4) is 0 Å². The molecule has 1 saturated carbocycles. The number of fused-ring (bicyclic) bond motifs is 3. The van der Waals surface area contributed by atoms with Crippen molar-refractivity contribution in [1.82, 2.24) is 20.0 Å². The van der Waals surface area contributed by atoms with E-state index in [-0.39, 0.29) is 17.7 Å². The second kappa shape index (κ2) is 5.58. The van der Waals surface area contributed by atoms with Crippen LogP contribution < -0.4 is 10.6 Å². The monoisotopic (exact) mass is 365 g/mol. The topological polar surface area (TPSA) is 79.3 Å². The summed E-state index contributed by atoms with van der Waals surface area (Å²) >= 11 is 0. The third-order valence-electron chi connectivity index (χ3n) is 6.32. The van der Waals surface area contributed by atoms with Gasteiger partial charge in [-0.25, -0.2) is 0 Å². The molecule has 2 aromatic rings. The minimum atomic E-state index is -0.469. The highest BCUT2D eigenvalue weighted by Gasteiger charge is 2.55. The highest BCUT2D eigenvalue weighted by molar-refractivity contribution is 6.02. The minimum Gasteiger partial charge on any atom is -0.362 e. The van der Waals surface area contributed by atoms with Gasteiger partial charge in [-0.1, -0.05) is 11.6 Å². The zero-order valence-electron chi connectivity index (χ0n) is 15.5. The fraction of sp³-hybridized carbons (Fsp3) is 0.450. The Kier molecular flexibility index (Phi) is 3.38. The van der Waals surface area contributed by atoms with Crippen molar-refractivity contribution in [3.63, 3.8) is 0 Å². The third-order valence-corrected chi connectivity index (χ3v) is 6.32. The number of likely N-dealkylation sites (tertiary alicyclic amines) is 1. The van der Waals surface area contributed by atoms with Gasteiger partial charge in [0.25, 0.3) is 11.8 Å². The average molecular weight is 365 g/mol. The molecule has 7 heteroatoms. The summed E-state index contributed by atoms with van der Waals surface area (Å²) in [5.41, 5.74) is 2.67. The molecule has 2 aliphatic heterocycles. The first-order valence-corrected chi connectivity index (χ1v) is 9.45. The van der Waals surface area contributed by atoms with Crippen molar-refractivity contribution >= 4 is 17.5 Å². The van der Waals surface area contributed by atoms with Crippen LogP contribution >= 0.6 is 0 Å². The maximum absolute atomic E-state index is 12.8. The molecule has 1 spiro atoms. The Labute approximate surface area is 157 Å². The Morgan fingerprint density at radius 2 is 2.11 bits per heavy atom. The molecule has 2 amide bonds. The summed E-state index contributed by atoms with van der Waals surface area (Å²) in [4.78, 5) is 27.5. The van der Waals surface area contributed by atoms with Crippen LogP contribution in [0.4, 0.5) is 5.69 Å². The van der Waals surface area contributed by atoms with Crippen molar-refractivity contribution in [3.8, 4) is 0 Å². The number of aryl methyl sites for hydroxylation is 2. The van der Waals surface area contributed by atoms with Crippen LogP contribution in [-0.2, 0) is 7.05 Å². The maximum atomic E-state index is 12.8. The Balaban J connectivity index is 1.41. The van der Waals surface area contributed by atoms with Gasteiger partial charge in [-0.2, -0.15) is 5.10 Å². The van der Waals surface area contributed by atoms with Crippen LogP contribution in [0, 0.1) is 18.8 Å². The summed E-state index contributed by atoms with van der Waals surface area (Å²) in [5, 5.41) is 11.1. The molecule has 3 atom stereocenters. The number of nitrogens with one attached hydrogen (secondary N) is 2. The minimum absolute atomic E-state index is 0.0254. The molecule has 3 heterocycles. The standard InChI is InChI=1S/C20H23N5O2/c1-12-3-4-16-14(9-12)18(26)22-20(21-16)7-5-13-10-25(11-15(13)20)19(27)17-6-8-24(2)23-17/h3-4,6,8-9,13,15,21H,5,7,10-11H2,1-2H3,(H,22,26)/t13-,15+,20+/m0/s1. The van der Waals surface area contributed by atoms with Gasteiger partial charge in [0.2, 0.25) is 0 Å². The number of hydrogen-bond acceptors (Lipinski definition) is 4. The van der Waals surface area contributed by atoms with Gasteiger partial charge in [0.1, 0.15) is 11.4 Å². The molecule has 27 heavy (non-hydrogen) atoms. The summed E-state index contributed by atoms with van der Waals surface area (Å²) in [5.74, 6) is 0.530. The van der Waals surface area contributed by atoms with Crippen LogP contribution in [0.5, 0.6) is 0 Å². The van der Waals surface area contributed by atoms with Crippen LogP contribution in [0.1, 0.15) is 39.3 Å². The normalized spacial score (nSPS) is 28.7. The summed E-state index contributed by atoms with van der Waals surface area (Å²) in [6.45, 7) is 3.34. The molecule has 0 radical (unpaired) electrons.